The smallest absolute Gasteiger partial charge is 0.286 e. The predicted molar refractivity (Wildman–Crippen MR) is 107 cm³/mol. The third-order valence-corrected chi connectivity index (χ3v) is 6.47. The van der Waals surface area contributed by atoms with Crippen molar-refractivity contribution < 1.29 is 14.3 Å². The Morgan fingerprint density at radius 3 is 2.33 bits per heavy atom. The molecule has 1 atom stereocenters. The van der Waals surface area contributed by atoms with Crippen molar-refractivity contribution in [2.75, 3.05) is 6.61 Å². The lowest BCUT2D eigenvalue weighted by Gasteiger charge is -2.41. The zero-order valence-corrected chi connectivity index (χ0v) is 16.0. The first-order valence-electron chi connectivity index (χ1n) is 9.39. The van der Waals surface area contributed by atoms with Crippen LogP contribution in [-0.2, 0) is 17.6 Å². The monoisotopic (exact) mass is 381 g/mol. The summed E-state index contributed by atoms with van der Waals surface area (Å²) in [5.41, 5.74) is 2.66. The van der Waals surface area contributed by atoms with E-state index in [0.29, 0.717) is 6.42 Å². The quantitative estimate of drug-likeness (QED) is 0.774. The standard InChI is InChI=1S/C22H23NO3S/c24-20-19(27-21(25)23-20)13-16-7-9-18(10-8-16)26-15-22(11-4-12-22)14-17-5-2-1-3-6-17/h1-3,5-10,19H,4,11-15H2,(H,23,24,25). The fourth-order valence-electron chi connectivity index (χ4n) is 3.78. The molecule has 4 nitrogen and oxygen atoms in total. The first-order chi connectivity index (χ1) is 13.1. The van der Waals surface area contributed by atoms with Crippen molar-refractivity contribution in [3.8, 4) is 5.75 Å². The maximum atomic E-state index is 11.7. The average Bonchev–Trinajstić information content (AvgIpc) is 2.96. The van der Waals surface area contributed by atoms with Gasteiger partial charge in [-0.3, -0.25) is 14.9 Å². The number of carbonyl (C=O) groups is 2. The summed E-state index contributed by atoms with van der Waals surface area (Å²) >= 11 is 1.07. The maximum absolute atomic E-state index is 11.7. The topological polar surface area (TPSA) is 55.4 Å². The molecule has 0 spiro atoms. The molecule has 2 amide bonds. The number of amides is 2. The van der Waals surface area contributed by atoms with Gasteiger partial charge in [-0.25, -0.2) is 0 Å². The van der Waals surface area contributed by atoms with E-state index in [0.717, 1.165) is 36.1 Å². The van der Waals surface area contributed by atoms with Gasteiger partial charge >= 0.3 is 0 Å². The summed E-state index contributed by atoms with van der Waals surface area (Å²) < 4.78 is 6.11. The van der Waals surface area contributed by atoms with Gasteiger partial charge in [0.1, 0.15) is 5.75 Å². The highest BCUT2D eigenvalue weighted by Crippen LogP contribution is 2.44. The first kappa shape index (κ1) is 18.1. The minimum absolute atomic E-state index is 0.196. The van der Waals surface area contributed by atoms with Gasteiger partial charge in [-0.2, -0.15) is 0 Å². The number of imide groups is 1. The molecule has 5 heteroatoms. The normalized spacial score (nSPS) is 20.8. The summed E-state index contributed by atoms with van der Waals surface area (Å²) in [6, 6.07) is 18.5. The van der Waals surface area contributed by atoms with Gasteiger partial charge in [0.2, 0.25) is 5.91 Å². The van der Waals surface area contributed by atoms with Gasteiger partial charge in [-0.15, -0.1) is 0 Å². The van der Waals surface area contributed by atoms with Crippen molar-refractivity contribution in [2.45, 2.75) is 37.4 Å². The average molecular weight is 381 g/mol. The molecule has 1 aliphatic carbocycles. The Bertz CT molecular complexity index is 815. The number of carbonyl (C=O) groups excluding carboxylic acids is 2. The molecule has 0 radical (unpaired) electrons. The van der Waals surface area contributed by atoms with Crippen LogP contribution in [0.1, 0.15) is 30.4 Å². The van der Waals surface area contributed by atoms with Crippen LogP contribution in [0.3, 0.4) is 0 Å². The molecule has 27 heavy (non-hydrogen) atoms. The Balaban J connectivity index is 1.33. The highest BCUT2D eigenvalue weighted by Gasteiger charge is 2.38. The fourth-order valence-corrected chi connectivity index (χ4v) is 4.64. The summed E-state index contributed by atoms with van der Waals surface area (Å²) in [5, 5.41) is 1.75. The number of hydrogen-bond acceptors (Lipinski definition) is 4. The molecule has 2 aromatic rings. The Kier molecular flexibility index (Phi) is 5.21. The molecule has 2 aromatic carbocycles. The Morgan fingerprint density at radius 1 is 1.00 bits per heavy atom. The summed E-state index contributed by atoms with van der Waals surface area (Å²) in [4.78, 5) is 22.9. The van der Waals surface area contributed by atoms with Crippen molar-refractivity contribution in [2.24, 2.45) is 5.41 Å². The van der Waals surface area contributed by atoms with E-state index in [9.17, 15) is 9.59 Å². The second-order valence-corrected chi connectivity index (χ2v) is 8.71. The van der Waals surface area contributed by atoms with Crippen LogP contribution < -0.4 is 10.1 Å². The molecule has 2 fully saturated rings. The molecule has 1 saturated carbocycles. The van der Waals surface area contributed by atoms with Gasteiger partial charge < -0.3 is 4.74 Å². The molecule has 1 aliphatic heterocycles. The number of ether oxygens (including phenoxy) is 1. The van der Waals surface area contributed by atoms with E-state index >= 15 is 0 Å². The fraction of sp³-hybridized carbons (Fsp3) is 0.364. The van der Waals surface area contributed by atoms with Crippen LogP contribution in [0.15, 0.2) is 54.6 Å². The molecule has 0 bridgehead atoms. The molecule has 1 N–H and O–H groups in total. The highest BCUT2D eigenvalue weighted by atomic mass is 32.2. The van der Waals surface area contributed by atoms with Gasteiger partial charge in [-0.1, -0.05) is 60.6 Å². The van der Waals surface area contributed by atoms with Gasteiger partial charge in [0.05, 0.1) is 11.9 Å². The SMILES string of the molecule is O=C1NC(=O)C(Cc2ccc(OCC3(Cc4ccccc4)CCC3)cc2)S1. The van der Waals surface area contributed by atoms with Crippen LogP contribution in [0.4, 0.5) is 4.79 Å². The van der Waals surface area contributed by atoms with E-state index in [4.69, 9.17) is 4.74 Å². The van der Waals surface area contributed by atoms with Gasteiger partial charge in [0.15, 0.2) is 0 Å². The van der Waals surface area contributed by atoms with Crippen LogP contribution in [0.2, 0.25) is 0 Å². The van der Waals surface area contributed by atoms with Crippen LogP contribution in [0.25, 0.3) is 0 Å². The minimum Gasteiger partial charge on any atom is -0.493 e. The van der Waals surface area contributed by atoms with E-state index < -0.39 is 0 Å². The molecule has 1 heterocycles. The number of hydrogen-bond donors (Lipinski definition) is 1. The third kappa shape index (κ3) is 4.35. The van der Waals surface area contributed by atoms with Crippen molar-refractivity contribution >= 4 is 22.9 Å². The lowest BCUT2D eigenvalue weighted by Crippen LogP contribution is -2.37. The predicted octanol–water partition coefficient (Wildman–Crippen LogP) is 4.37. The molecular formula is C22H23NO3S. The van der Waals surface area contributed by atoms with E-state index in [1.165, 1.54) is 24.8 Å². The molecule has 2 aliphatic rings. The van der Waals surface area contributed by atoms with Crippen molar-refractivity contribution in [3.63, 3.8) is 0 Å². The van der Waals surface area contributed by atoms with Crippen LogP contribution in [0, 0.1) is 5.41 Å². The molecular weight excluding hydrogens is 358 g/mol. The van der Waals surface area contributed by atoms with Crippen molar-refractivity contribution in [1.82, 2.24) is 5.32 Å². The Hall–Kier alpha value is -2.27. The molecule has 140 valence electrons. The Morgan fingerprint density at radius 2 is 1.74 bits per heavy atom. The maximum Gasteiger partial charge on any atom is 0.286 e. The summed E-state index contributed by atoms with van der Waals surface area (Å²) in [5.74, 6) is 0.663. The first-order valence-corrected chi connectivity index (χ1v) is 10.3. The number of thioether (sulfide) groups is 1. The minimum atomic E-state index is -0.326. The van der Waals surface area contributed by atoms with Crippen molar-refractivity contribution in [3.05, 3.63) is 65.7 Å². The van der Waals surface area contributed by atoms with Crippen LogP contribution in [-0.4, -0.2) is 23.0 Å². The number of benzene rings is 2. The molecule has 4 rings (SSSR count). The van der Waals surface area contributed by atoms with Crippen molar-refractivity contribution in [1.29, 1.82) is 0 Å². The second kappa shape index (κ2) is 7.77. The lowest BCUT2D eigenvalue weighted by molar-refractivity contribution is -0.118. The number of nitrogens with one attached hydrogen (secondary N) is 1. The lowest BCUT2D eigenvalue weighted by atomic mass is 9.66. The number of rotatable bonds is 7. The Labute approximate surface area is 163 Å². The zero-order valence-electron chi connectivity index (χ0n) is 15.1. The van der Waals surface area contributed by atoms with E-state index in [-0.39, 0.29) is 21.8 Å². The van der Waals surface area contributed by atoms with Crippen LogP contribution in [0.5, 0.6) is 5.75 Å². The van der Waals surface area contributed by atoms with Gasteiger partial charge in [-0.05, 0) is 48.9 Å². The molecule has 1 unspecified atom stereocenters. The largest absolute Gasteiger partial charge is 0.493 e. The molecule has 1 saturated heterocycles. The van der Waals surface area contributed by atoms with Gasteiger partial charge in [0.25, 0.3) is 5.24 Å². The summed E-state index contributed by atoms with van der Waals surface area (Å²) in [6.45, 7) is 0.733. The van der Waals surface area contributed by atoms with E-state index in [1.807, 2.05) is 24.3 Å². The molecule has 0 aromatic heterocycles. The van der Waals surface area contributed by atoms with E-state index in [2.05, 4.69) is 35.6 Å². The van der Waals surface area contributed by atoms with E-state index in [1.54, 1.807) is 0 Å². The summed E-state index contributed by atoms with van der Waals surface area (Å²) in [7, 11) is 0. The zero-order chi connectivity index (χ0) is 18.7. The van der Waals surface area contributed by atoms with Crippen LogP contribution >= 0.6 is 11.8 Å². The van der Waals surface area contributed by atoms with Gasteiger partial charge in [0, 0.05) is 5.41 Å². The summed E-state index contributed by atoms with van der Waals surface area (Å²) in [6.07, 6.45) is 5.31. The third-order valence-electron chi connectivity index (χ3n) is 5.49. The second-order valence-electron chi connectivity index (χ2n) is 7.54. The highest BCUT2D eigenvalue weighted by molar-refractivity contribution is 8.15.